The number of morpholine rings is 1. The molecule has 2 aromatic heterocycles. The number of halogens is 3. The molecule has 8 nitrogen and oxygen atoms in total. The van der Waals surface area contributed by atoms with E-state index in [9.17, 15) is 26.4 Å². The minimum absolute atomic E-state index is 0.0587. The third-order valence-electron chi connectivity index (χ3n) is 7.06. The van der Waals surface area contributed by atoms with Crippen molar-refractivity contribution >= 4 is 27.1 Å². The highest BCUT2D eigenvalue weighted by molar-refractivity contribution is 7.90. The van der Waals surface area contributed by atoms with Crippen LogP contribution in [0, 0.1) is 12.8 Å². The Labute approximate surface area is 224 Å². The third-order valence-corrected chi connectivity index (χ3v) is 8.09. The molecular formula is C27H27F3N4O4S. The second-order valence-electron chi connectivity index (χ2n) is 9.99. The summed E-state index contributed by atoms with van der Waals surface area (Å²) in [5.41, 5.74) is 3.40. The number of nitrogens with zero attached hydrogens (tertiary/aromatic N) is 3. The summed E-state index contributed by atoms with van der Waals surface area (Å²) in [6.07, 6.45) is -0.212. The van der Waals surface area contributed by atoms with Crippen LogP contribution in [0.4, 0.5) is 24.5 Å². The number of anilines is 2. The molecule has 2 aliphatic heterocycles. The molecule has 0 spiro atoms. The lowest BCUT2D eigenvalue weighted by atomic mass is 9.88. The zero-order valence-corrected chi connectivity index (χ0v) is 22.1. The maximum atomic E-state index is 13.0. The molecule has 2 unspecified atom stereocenters. The van der Waals surface area contributed by atoms with Gasteiger partial charge in [0.25, 0.3) is 5.91 Å². The van der Waals surface area contributed by atoms with Gasteiger partial charge in [0.2, 0.25) is 0 Å². The van der Waals surface area contributed by atoms with E-state index in [4.69, 9.17) is 9.72 Å². The molecule has 0 radical (unpaired) electrons. The van der Waals surface area contributed by atoms with E-state index in [2.05, 4.69) is 15.2 Å². The van der Waals surface area contributed by atoms with Gasteiger partial charge in [0, 0.05) is 47.9 Å². The minimum atomic E-state index is -4.66. The van der Waals surface area contributed by atoms with Crippen LogP contribution in [0.1, 0.15) is 27.3 Å². The number of benzene rings is 1. The molecule has 1 fully saturated rings. The molecule has 1 aromatic carbocycles. The summed E-state index contributed by atoms with van der Waals surface area (Å²) in [6, 6.07) is 9.14. The molecule has 12 heteroatoms. The smallest absolute Gasteiger partial charge is 0.377 e. The van der Waals surface area contributed by atoms with Crippen molar-refractivity contribution in [2.24, 2.45) is 5.92 Å². The van der Waals surface area contributed by atoms with Crippen molar-refractivity contribution in [3.05, 3.63) is 71.3 Å². The van der Waals surface area contributed by atoms with Gasteiger partial charge in [-0.05, 0) is 54.8 Å². The number of ether oxygens (including phenoxy) is 1. The summed E-state index contributed by atoms with van der Waals surface area (Å²) in [6.45, 7) is 3.50. The van der Waals surface area contributed by atoms with E-state index < -0.39 is 27.6 Å². The number of carbonyl (C=O) groups is 1. The van der Waals surface area contributed by atoms with Gasteiger partial charge < -0.3 is 15.0 Å². The van der Waals surface area contributed by atoms with E-state index in [0.717, 1.165) is 34.3 Å². The van der Waals surface area contributed by atoms with E-state index in [1.165, 1.54) is 12.3 Å². The summed E-state index contributed by atoms with van der Waals surface area (Å²) in [4.78, 5) is 22.9. The van der Waals surface area contributed by atoms with Gasteiger partial charge in [0.1, 0.15) is 15.5 Å². The number of amides is 1. The lowest BCUT2D eigenvalue weighted by molar-refractivity contribution is -0.141. The van der Waals surface area contributed by atoms with Gasteiger partial charge in [0.15, 0.2) is 0 Å². The molecule has 0 bridgehead atoms. The fraction of sp³-hybridized carbons (Fsp3) is 0.370. The van der Waals surface area contributed by atoms with Gasteiger partial charge in [-0.15, -0.1) is 0 Å². The number of rotatable bonds is 5. The van der Waals surface area contributed by atoms with Crippen LogP contribution in [-0.4, -0.2) is 62.1 Å². The zero-order chi connectivity index (χ0) is 27.9. The molecule has 1 N–H and O–H groups in total. The second-order valence-corrected chi connectivity index (χ2v) is 12.2. The molecule has 39 heavy (non-hydrogen) atoms. The van der Waals surface area contributed by atoms with Crippen LogP contribution in [0.3, 0.4) is 0 Å². The van der Waals surface area contributed by atoms with Gasteiger partial charge in [-0.2, -0.15) is 13.2 Å². The molecule has 3 aromatic rings. The second kappa shape index (κ2) is 10.2. The molecule has 2 atom stereocenters. The topological polar surface area (TPSA) is 101 Å². The van der Waals surface area contributed by atoms with Gasteiger partial charge in [0.05, 0.1) is 36.4 Å². The Bertz CT molecular complexity index is 1530. The summed E-state index contributed by atoms with van der Waals surface area (Å²) in [7, 11) is -3.18. The van der Waals surface area contributed by atoms with E-state index in [-0.39, 0.29) is 23.3 Å². The first-order valence-corrected chi connectivity index (χ1v) is 14.4. The van der Waals surface area contributed by atoms with Crippen molar-refractivity contribution < 1.29 is 31.1 Å². The van der Waals surface area contributed by atoms with Gasteiger partial charge >= 0.3 is 6.18 Å². The fourth-order valence-electron chi connectivity index (χ4n) is 5.23. The fourth-order valence-corrected chi connectivity index (χ4v) is 6.35. The number of fused-ring (bicyclic) bond motifs is 3. The highest BCUT2D eigenvalue weighted by atomic mass is 32.2. The van der Waals surface area contributed by atoms with Crippen molar-refractivity contribution in [1.29, 1.82) is 0 Å². The summed E-state index contributed by atoms with van der Waals surface area (Å²) in [5, 5.41) is 2.67. The lowest BCUT2D eigenvalue weighted by Crippen LogP contribution is -2.54. The first-order valence-electron chi connectivity index (χ1n) is 12.4. The Morgan fingerprint density at radius 2 is 1.97 bits per heavy atom. The first-order chi connectivity index (χ1) is 18.4. The molecule has 5 rings (SSSR count). The number of aromatic nitrogens is 2. The Morgan fingerprint density at radius 1 is 1.18 bits per heavy atom. The van der Waals surface area contributed by atoms with Crippen LogP contribution in [0.15, 0.2) is 48.8 Å². The maximum absolute atomic E-state index is 13.0. The zero-order valence-electron chi connectivity index (χ0n) is 21.3. The van der Waals surface area contributed by atoms with Crippen LogP contribution in [0.2, 0.25) is 0 Å². The number of hydrogen-bond donors (Lipinski definition) is 1. The Balaban J connectivity index is 1.43. The Kier molecular flexibility index (Phi) is 7.10. The molecule has 0 aliphatic carbocycles. The minimum Gasteiger partial charge on any atom is -0.377 e. The van der Waals surface area contributed by atoms with Crippen molar-refractivity contribution in [1.82, 2.24) is 9.97 Å². The van der Waals surface area contributed by atoms with Crippen molar-refractivity contribution in [2.75, 3.05) is 42.0 Å². The van der Waals surface area contributed by atoms with Crippen LogP contribution in [-0.2, 0) is 27.2 Å². The normalized spacial score (nSPS) is 19.3. The largest absolute Gasteiger partial charge is 0.433 e. The predicted octanol–water partition coefficient (Wildman–Crippen LogP) is 4.15. The molecule has 206 valence electrons. The lowest BCUT2D eigenvalue weighted by Gasteiger charge is -2.45. The molecule has 1 saturated heterocycles. The molecular weight excluding hydrogens is 533 g/mol. The van der Waals surface area contributed by atoms with Crippen molar-refractivity contribution in [3.63, 3.8) is 0 Å². The quantitative estimate of drug-likeness (QED) is 0.501. The number of carbonyl (C=O) groups excluding carboxylic acids is 1. The van der Waals surface area contributed by atoms with E-state index >= 15 is 0 Å². The molecule has 1 amide bonds. The highest BCUT2D eigenvalue weighted by Crippen LogP contribution is 2.38. The van der Waals surface area contributed by atoms with Crippen LogP contribution in [0.5, 0.6) is 0 Å². The van der Waals surface area contributed by atoms with Crippen LogP contribution in [0.25, 0.3) is 11.1 Å². The number of aryl methyl sites for hydroxylation is 1. The Morgan fingerprint density at radius 3 is 2.72 bits per heavy atom. The number of sulfone groups is 1. The highest BCUT2D eigenvalue weighted by Gasteiger charge is 2.39. The number of hydrogen-bond acceptors (Lipinski definition) is 7. The van der Waals surface area contributed by atoms with E-state index in [0.29, 0.717) is 37.9 Å². The van der Waals surface area contributed by atoms with E-state index in [1.54, 1.807) is 18.3 Å². The van der Waals surface area contributed by atoms with Crippen LogP contribution >= 0.6 is 0 Å². The van der Waals surface area contributed by atoms with Gasteiger partial charge in [-0.25, -0.2) is 8.42 Å². The Hall–Kier alpha value is -3.51. The monoisotopic (exact) mass is 560 g/mol. The standard InChI is InChI=1S/C27H27F3N4O4S/c1-16-3-4-20(33-26(35)17-5-6-31-25(11-17)27(28,29)30)12-21(16)18-10-23-22(32-13-18)9-19(15-39(2,36)37)24-14-38-8-7-34(23)24/h3-6,10-13,19,24H,7-9,14-15H2,1-2H3,(H,33,35). The predicted molar refractivity (Wildman–Crippen MR) is 140 cm³/mol. The molecule has 4 heterocycles. The molecule has 0 saturated carbocycles. The summed E-state index contributed by atoms with van der Waals surface area (Å²) < 4.78 is 68.9. The van der Waals surface area contributed by atoms with Crippen LogP contribution < -0.4 is 10.2 Å². The SMILES string of the molecule is Cc1ccc(NC(=O)c2ccnc(C(F)(F)F)c2)cc1-c1cnc2c(c1)N1CCOCC1C(CS(C)(=O)=O)C2. The first kappa shape index (κ1) is 27.1. The van der Waals surface area contributed by atoms with Crippen molar-refractivity contribution in [2.45, 2.75) is 25.6 Å². The molecule has 2 aliphatic rings. The van der Waals surface area contributed by atoms with Gasteiger partial charge in [-0.1, -0.05) is 6.07 Å². The average molecular weight is 561 g/mol. The average Bonchev–Trinajstić information content (AvgIpc) is 2.88. The van der Waals surface area contributed by atoms with Crippen molar-refractivity contribution in [3.8, 4) is 11.1 Å². The summed E-state index contributed by atoms with van der Waals surface area (Å²) in [5.74, 6) is -0.754. The number of nitrogens with one attached hydrogen (secondary N) is 1. The summed E-state index contributed by atoms with van der Waals surface area (Å²) >= 11 is 0. The number of pyridine rings is 2. The van der Waals surface area contributed by atoms with Gasteiger partial charge in [-0.3, -0.25) is 14.8 Å². The van der Waals surface area contributed by atoms with E-state index in [1.807, 2.05) is 19.1 Å². The number of alkyl halides is 3. The maximum Gasteiger partial charge on any atom is 0.433 e. The third kappa shape index (κ3) is 5.91.